The molecule has 2 N–H and O–H groups in total. The van der Waals surface area contributed by atoms with Gasteiger partial charge in [-0.15, -0.1) is 11.3 Å². The van der Waals surface area contributed by atoms with Crippen molar-refractivity contribution in [2.45, 2.75) is 12.3 Å². The zero-order valence-electron chi connectivity index (χ0n) is 18.7. The number of aliphatic carboxylic acids is 1. The first-order valence-corrected chi connectivity index (χ1v) is 12.5. The summed E-state index contributed by atoms with van der Waals surface area (Å²) in [6.45, 7) is 1.15. The van der Waals surface area contributed by atoms with Crippen molar-refractivity contribution in [2.24, 2.45) is 17.8 Å². The Hall–Kier alpha value is -3.72. The number of carboxylic acid groups (broad SMARTS) is 1. The SMILES string of the molecule is O=C(Nc1nc(C(=O)N2CCC3C(C2)C3C(=O)O)cs1)OCC1c2ccccc2-c2ccccc21. The van der Waals surface area contributed by atoms with Gasteiger partial charge in [-0.05, 0) is 40.5 Å². The minimum Gasteiger partial charge on any atom is -0.481 e. The van der Waals surface area contributed by atoms with Crippen LogP contribution in [0.25, 0.3) is 11.1 Å². The Morgan fingerprint density at radius 2 is 1.74 bits per heavy atom. The van der Waals surface area contributed by atoms with E-state index in [0.29, 0.717) is 19.5 Å². The van der Waals surface area contributed by atoms with E-state index in [1.165, 1.54) is 0 Å². The van der Waals surface area contributed by atoms with Crippen molar-refractivity contribution >= 4 is 34.4 Å². The summed E-state index contributed by atoms with van der Waals surface area (Å²) >= 11 is 1.16. The molecule has 1 aliphatic heterocycles. The fourth-order valence-electron chi connectivity index (χ4n) is 5.60. The number of hydrogen-bond acceptors (Lipinski definition) is 6. The van der Waals surface area contributed by atoms with Crippen LogP contribution in [0.3, 0.4) is 0 Å². The molecule has 2 fully saturated rings. The van der Waals surface area contributed by atoms with Crippen LogP contribution in [0.4, 0.5) is 9.93 Å². The summed E-state index contributed by atoms with van der Waals surface area (Å²) < 4.78 is 5.55. The van der Waals surface area contributed by atoms with Crippen LogP contribution in [-0.2, 0) is 9.53 Å². The van der Waals surface area contributed by atoms with Gasteiger partial charge in [0, 0.05) is 24.4 Å². The molecule has 6 rings (SSSR count). The minimum atomic E-state index is -0.780. The summed E-state index contributed by atoms with van der Waals surface area (Å²) in [5.74, 6) is -1.19. The van der Waals surface area contributed by atoms with Crippen LogP contribution < -0.4 is 5.32 Å². The van der Waals surface area contributed by atoms with Gasteiger partial charge in [-0.25, -0.2) is 9.78 Å². The molecule has 1 saturated carbocycles. The highest BCUT2D eigenvalue weighted by Gasteiger charge is 2.57. The van der Waals surface area contributed by atoms with E-state index >= 15 is 0 Å². The Morgan fingerprint density at radius 3 is 2.43 bits per heavy atom. The smallest absolute Gasteiger partial charge is 0.413 e. The van der Waals surface area contributed by atoms with Gasteiger partial charge in [-0.1, -0.05) is 48.5 Å². The topological polar surface area (TPSA) is 109 Å². The van der Waals surface area contributed by atoms with E-state index in [4.69, 9.17) is 4.74 Å². The lowest BCUT2D eigenvalue weighted by Gasteiger charge is -2.25. The highest BCUT2D eigenvalue weighted by Crippen LogP contribution is 2.51. The zero-order chi connectivity index (χ0) is 24.1. The molecule has 35 heavy (non-hydrogen) atoms. The molecule has 3 atom stereocenters. The summed E-state index contributed by atoms with van der Waals surface area (Å²) in [4.78, 5) is 42.6. The van der Waals surface area contributed by atoms with Crippen LogP contribution in [-0.4, -0.2) is 52.7 Å². The summed E-state index contributed by atoms with van der Waals surface area (Å²) in [6.07, 6.45) is 0.0749. The van der Waals surface area contributed by atoms with Gasteiger partial charge in [0.25, 0.3) is 5.91 Å². The van der Waals surface area contributed by atoms with Crippen LogP contribution in [0.15, 0.2) is 53.9 Å². The van der Waals surface area contributed by atoms with Crippen molar-refractivity contribution in [3.05, 3.63) is 70.7 Å². The molecule has 9 heteroatoms. The summed E-state index contributed by atoms with van der Waals surface area (Å²) in [5, 5.41) is 13.8. The van der Waals surface area contributed by atoms with E-state index < -0.39 is 12.1 Å². The highest BCUT2D eigenvalue weighted by atomic mass is 32.1. The molecule has 8 nitrogen and oxygen atoms in total. The van der Waals surface area contributed by atoms with Crippen LogP contribution in [0.2, 0.25) is 0 Å². The van der Waals surface area contributed by atoms with Gasteiger partial charge in [0.2, 0.25) is 0 Å². The Labute approximate surface area is 205 Å². The van der Waals surface area contributed by atoms with Gasteiger partial charge >= 0.3 is 12.1 Å². The number of nitrogens with one attached hydrogen (secondary N) is 1. The molecule has 3 unspecified atom stereocenters. The fraction of sp³-hybridized carbons (Fsp3) is 0.308. The lowest BCUT2D eigenvalue weighted by atomic mass is 9.98. The quantitative estimate of drug-likeness (QED) is 0.553. The molecule has 2 aromatic carbocycles. The fourth-order valence-corrected chi connectivity index (χ4v) is 6.27. The number of carbonyl (C=O) groups excluding carboxylic acids is 2. The van der Waals surface area contributed by atoms with Gasteiger partial charge in [-0.2, -0.15) is 0 Å². The van der Waals surface area contributed by atoms with Crippen LogP contribution in [0.1, 0.15) is 34.0 Å². The number of anilines is 1. The molecule has 2 heterocycles. The number of benzene rings is 2. The number of ether oxygens (including phenoxy) is 1. The predicted octanol–water partition coefficient (Wildman–Crippen LogP) is 4.30. The number of piperidine rings is 1. The third-order valence-corrected chi connectivity index (χ3v) is 8.10. The molecule has 2 amide bonds. The first-order chi connectivity index (χ1) is 17.0. The molecule has 3 aliphatic rings. The number of likely N-dealkylation sites (tertiary alicyclic amines) is 1. The third kappa shape index (κ3) is 3.85. The predicted molar refractivity (Wildman–Crippen MR) is 129 cm³/mol. The average Bonchev–Trinajstić information content (AvgIpc) is 3.26. The number of thiazole rings is 1. The van der Waals surface area contributed by atoms with Gasteiger partial charge in [0.05, 0.1) is 5.92 Å². The van der Waals surface area contributed by atoms with E-state index in [9.17, 15) is 19.5 Å². The van der Waals surface area contributed by atoms with E-state index in [2.05, 4.69) is 34.6 Å². The maximum absolute atomic E-state index is 12.9. The van der Waals surface area contributed by atoms with Crippen LogP contribution in [0, 0.1) is 17.8 Å². The maximum Gasteiger partial charge on any atom is 0.413 e. The van der Waals surface area contributed by atoms with Gasteiger partial charge in [-0.3, -0.25) is 14.9 Å². The summed E-state index contributed by atoms with van der Waals surface area (Å²) in [6, 6.07) is 16.3. The summed E-state index contributed by atoms with van der Waals surface area (Å²) in [5.41, 5.74) is 4.83. The number of nitrogens with zero attached hydrogens (tertiary/aromatic N) is 2. The number of rotatable bonds is 5. The Balaban J connectivity index is 1.07. The maximum atomic E-state index is 12.9. The number of hydrogen-bond donors (Lipinski definition) is 2. The minimum absolute atomic E-state index is 0.0299. The van der Waals surface area contributed by atoms with E-state index in [1.807, 2.05) is 24.3 Å². The van der Waals surface area contributed by atoms with Crippen molar-refractivity contribution in [3.8, 4) is 11.1 Å². The average molecular weight is 490 g/mol. The zero-order valence-corrected chi connectivity index (χ0v) is 19.5. The van der Waals surface area contributed by atoms with Crippen LogP contribution in [0.5, 0.6) is 0 Å². The molecule has 0 radical (unpaired) electrons. The van der Waals surface area contributed by atoms with Gasteiger partial charge < -0.3 is 14.7 Å². The largest absolute Gasteiger partial charge is 0.481 e. The van der Waals surface area contributed by atoms with E-state index in [1.54, 1.807) is 10.3 Å². The van der Waals surface area contributed by atoms with Crippen molar-refractivity contribution in [2.75, 3.05) is 25.0 Å². The van der Waals surface area contributed by atoms with Crippen molar-refractivity contribution < 1.29 is 24.2 Å². The molecule has 0 bridgehead atoms. The van der Waals surface area contributed by atoms with Crippen molar-refractivity contribution in [3.63, 3.8) is 0 Å². The van der Waals surface area contributed by atoms with Gasteiger partial charge in [0.15, 0.2) is 5.13 Å². The lowest BCUT2D eigenvalue weighted by molar-refractivity contribution is -0.139. The molecule has 1 saturated heterocycles. The molecular weight excluding hydrogens is 466 g/mol. The second kappa shape index (κ2) is 8.49. The third-order valence-electron chi connectivity index (χ3n) is 7.34. The summed E-state index contributed by atoms with van der Waals surface area (Å²) in [7, 11) is 0. The Bertz CT molecular complexity index is 1290. The van der Waals surface area contributed by atoms with Crippen molar-refractivity contribution in [1.82, 2.24) is 9.88 Å². The molecule has 1 aromatic heterocycles. The molecular formula is C26H23N3O5S. The standard InChI is InChI=1S/C26H23N3O5S/c30-23(29-10-9-18-19(11-29)22(18)24(31)32)21-13-35-25(27-21)28-26(33)34-12-20-16-7-3-1-5-14(16)15-6-2-4-8-17(15)20/h1-8,13,18-20,22H,9-12H2,(H,31,32)(H,27,28,33). The van der Waals surface area contributed by atoms with E-state index in [-0.39, 0.29) is 47.0 Å². The first-order valence-electron chi connectivity index (χ1n) is 11.6. The van der Waals surface area contributed by atoms with Crippen LogP contribution >= 0.6 is 11.3 Å². The molecule has 0 spiro atoms. The first kappa shape index (κ1) is 21.8. The molecule has 2 aliphatic carbocycles. The lowest BCUT2D eigenvalue weighted by Crippen LogP contribution is -2.37. The number of carbonyl (C=O) groups is 3. The Kier molecular flexibility index (Phi) is 5.29. The highest BCUT2D eigenvalue weighted by molar-refractivity contribution is 7.14. The number of aromatic nitrogens is 1. The second-order valence-corrected chi connectivity index (χ2v) is 10.1. The number of fused-ring (bicyclic) bond motifs is 4. The normalized spacial score (nSPS) is 22.1. The monoisotopic (exact) mass is 489 g/mol. The van der Waals surface area contributed by atoms with E-state index in [0.717, 1.165) is 33.6 Å². The number of carboxylic acids is 1. The van der Waals surface area contributed by atoms with Crippen molar-refractivity contribution in [1.29, 1.82) is 0 Å². The van der Waals surface area contributed by atoms with Gasteiger partial charge in [0.1, 0.15) is 12.3 Å². The second-order valence-electron chi connectivity index (χ2n) is 9.22. The molecule has 178 valence electrons. The molecule has 3 aromatic rings. The number of amides is 2. The Morgan fingerprint density at radius 1 is 1.06 bits per heavy atom.